The number of aromatic nitrogens is 1. The van der Waals surface area contributed by atoms with E-state index in [1.54, 1.807) is 36.9 Å². The summed E-state index contributed by atoms with van der Waals surface area (Å²) < 4.78 is 6.49. The Hall–Kier alpha value is -3.16. The number of nitrogens with zero attached hydrogens (tertiary/aromatic N) is 2. The molecule has 0 atom stereocenters. The molecule has 0 saturated heterocycles. The molecule has 23 heavy (non-hydrogen) atoms. The van der Waals surface area contributed by atoms with Gasteiger partial charge >= 0.3 is 5.97 Å². The van der Waals surface area contributed by atoms with Gasteiger partial charge in [0.15, 0.2) is 6.61 Å². The van der Waals surface area contributed by atoms with Crippen molar-refractivity contribution < 1.29 is 19.2 Å². The first-order chi connectivity index (χ1) is 10.9. The number of hydrogen-bond acceptors (Lipinski definition) is 5. The highest BCUT2D eigenvalue weighted by Crippen LogP contribution is 2.21. The lowest BCUT2D eigenvalue weighted by Gasteiger charge is -2.09. The summed E-state index contributed by atoms with van der Waals surface area (Å²) in [5.41, 5.74) is 1.16. The van der Waals surface area contributed by atoms with Crippen molar-refractivity contribution in [2.24, 2.45) is 7.05 Å². The average molecular weight is 317 g/mol. The van der Waals surface area contributed by atoms with Crippen LogP contribution in [0.3, 0.4) is 0 Å². The highest BCUT2D eigenvalue weighted by atomic mass is 16.6. The van der Waals surface area contributed by atoms with E-state index in [1.807, 2.05) is 0 Å². The molecule has 0 aliphatic heterocycles. The number of nitrogens with one attached hydrogen (secondary N) is 1. The van der Waals surface area contributed by atoms with Gasteiger partial charge in [-0.05, 0) is 24.6 Å². The number of non-ortho nitro benzene ring substituents is 1. The molecule has 8 heteroatoms. The van der Waals surface area contributed by atoms with Crippen LogP contribution in [0, 0.1) is 17.0 Å². The third-order valence-electron chi connectivity index (χ3n) is 3.19. The molecule has 0 fully saturated rings. The van der Waals surface area contributed by atoms with E-state index in [2.05, 4.69) is 5.32 Å². The molecular weight excluding hydrogens is 302 g/mol. The molecule has 1 aromatic carbocycles. The number of carbonyl (C=O) groups excluding carboxylic acids is 2. The topological polar surface area (TPSA) is 103 Å². The third kappa shape index (κ3) is 3.94. The Morgan fingerprint density at radius 3 is 2.70 bits per heavy atom. The third-order valence-corrected chi connectivity index (χ3v) is 3.19. The molecule has 0 saturated carbocycles. The number of aryl methyl sites for hydroxylation is 2. The fraction of sp³-hybridized carbons (Fsp3) is 0.200. The smallest absolute Gasteiger partial charge is 0.355 e. The number of ether oxygens (including phenoxy) is 1. The first-order valence-corrected chi connectivity index (χ1v) is 6.72. The first kappa shape index (κ1) is 16.2. The predicted molar refractivity (Wildman–Crippen MR) is 82.2 cm³/mol. The highest BCUT2D eigenvalue weighted by Gasteiger charge is 2.14. The summed E-state index contributed by atoms with van der Waals surface area (Å²) >= 11 is 0. The number of amides is 1. The van der Waals surface area contributed by atoms with Crippen LogP contribution in [0.4, 0.5) is 11.4 Å². The molecule has 120 valence electrons. The molecule has 0 aliphatic carbocycles. The van der Waals surface area contributed by atoms with Crippen molar-refractivity contribution in [3.05, 3.63) is 57.9 Å². The molecular formula is C15H15N3O5. The molecule has 0 aliphatic rings. The lowest BCUT2D eigenvalue weighted by atomic mass is 10.2. The van der Waals surface area contributed by atoms with Crippen molar-refractivity contribution in [2.75, 3.05) is 11.9 Å². The van der Waals surface area contributed by atoms with Gasteiger partial charge in [0.25, 0.3) is 11.6 Å². The molecule has 1 aromatic heterocycles. The monoisotopic (exact) mass is 317 g/mol. The molecule has 0 radical (unpaired) electrons. The van der Waals surface area contributed by atoms with Crippen molar-refractivity contribution >= 4 is 23.3 Å². The minimum Gasteiger partial charge on any atom is -0.451 e. The molecule has 8 nitrogen and oxygen atoms in total. The molecule has 0 unspecified atom stereocenters. The Labute approximate surface area is 131 Å². The van der Waals surface area contributed by atoms with Crippen LogP contribution in [0.1, 0.15) is 16.1 Å². The van der Waals surface area contributed by atoms with Crippen molar-refractivity contribution in [1.82, 2.24) is 4.57 Å². The van der Waals surface area contributed by atoms with Crippen LogP contribution in [0.25, 0.3) is 0 Å². The zero-order chi connectivity index (χ0) is 17.0. The molecule has 1 heterocycles. The van der Waals surface area contributed by atoms with Crippen molar-refractivity contribution in [2.45, 2.75) is 6.92 Å². The standard InChI is InChI=1S/C15H15N3O5/c1-10-5-6-11(18(21)22)8-12(10)16-14(19)9-23-15(20)13-4-3-7-17(13)2/h3-8H,9H2,1-2H3,(H,16,19). The molecule has 0 spiro atoms. The summed E-state index contributed by atoms with van der Waals surface area (Å²) in [4.78, 5) is 33.8. The highest BCUT2D eigenvalue weighted by molar-refractivity contribution is 5.95. The predicted octanol–water partition coefficient (Wildman–Crippen LogP) is 2.04. The SMILES string of the molecule is Cc1ccc([N+](=O)[O-])cc1NC(=O)COC(=O)c1cccn1C. The minimum absolute atomic E-state index is 0.133. The van der Waals surface area contributed by atoms with Crippen molar-refractivity contribution in [3.8, 4) is 0 Å². The maximum Gasteiger partial charge on any atom is 0.355 e. The number of esters is 1. The Balaban J connectivity index is 1.97. The van der Waals surface area contributed by atoms with Gasteiger partial charge in [0.1, 0.15) is 5.69 Å². The maximum absolute atomic E-state index is 11.8. The Morgan fingerprint density at radius 2 is 2.09 bits per heavy atom. The molecule has 0 bridgehead atoms. The lowest BCUT2D eigenvalue weighted by Crippen LogP contribution is -2.22. The van der Waals surface area contributed by atoms with E-state index < -0.39 is 23.4 Å². The number of nitro groups is 1. The van der Waals surface area contributed by atoms with E-state index in [-0.39, 0.29) is 5.69 Å². The van der Waals surface area contributed by atoms with E-state index in [9.17, 15) is 19.7 Å². The number of hydrogen-bond donors (Lipinski definition) is 1. The second-order valence-corrected chi connectivity index (χ2v) is 4.88. The van der Waals surface area contributed by atoms with Gasteiger partial charge in [0, 0.05) is 25.4 Å². The van der Waals surface area contributed by atoms with Crippen molar-refractivity contribution in [1.29, 1.82) is 0 Å². The summed E-state index contributed by atoms with van der Waals surface area (Å²) in [5.74, 6) is -1.19. The van der Waals surface area contributed by atoms with Gasteiger partial charge in [-0.3, -0.25) is 14.9 Å². The summed E-state index contributed by atoms with van der Waals surface area (Å²) in [6.45, 7) is 1.22. The van der Waals surface area contributed by atoms with Crippen LogP contribution >= 0.6 is 0 Å². The van der Waals surface area contributed by atoms with Crippen LogP contribution < -0.4 is 5.32 Å². The number of carbonyl (C=O) groups is 2. The summed E-state index contributed by atoms with van der Waals surface area (Å²) in [5, 5.41) is 13.2. The molecule has 2 aromatic rings. The largest absolute Gasteiger partial charge is 0.451 e. The van der Waals surface area contributed by atoms with Crippen LogP contribution in [0.2, 0.25) is 0 Å². The summed E-state index contributed by atoms with van der Waals surface area (Å²) in [6, 6.07) is 7.39. The Bertz CT molecular complexity index is 766. The second-order valence-electron chi connectivity index (χ2n) is 4.88. The van der Waals surface area contributed by atoms with Gasteiger partial charge in [-0.15, -0.1) is 0 Å². The van der Waals surface area contributed by atoms with Crippen LogP contribution in [-0.2, 0) is 16.6 Å². The van der Waals surface area contributed by atoms with E-state index in [0.29, 0.717) is 16.9 Å². The van der Waals surface area contributed by atoms with E-state index >= 15 is 0 Å². The number of anilines is 1. The summed E-state index contributed by atoms with van der Waals surface area (Å²) in [6.07, 6.45) is 1.68. The Morgan fingerprint density at radius 1 is 1.35 bits per heavy atom. The van der Waals surface area contributed by atoms with Crippen LogP contribution in [-0.4, -0.2) is 28.0 Å². The fourth-order valence-electron chi connectivity index (χ4n) is 1.92. The van der Waals surface area contributed by atoms with Gasteiger partial charge in [0.2, 0.25) is 0 Å². The first-order valence-electron chi connectivity index (χ1n) is 6.72. The van der Waals surface area contributed by atoms with Crippen molar-refractivity contribution in [3.63, 3.8) is 0 Å². The van der Waals surface area contributed by atoms with Gasteiger partial charge < -0.3 is 14.6 Å². The molecule has 1 N–H and O–H groups in total. The van der Waals surface area contributed by atoms with Gasteiger partial charge in [0.05, 0.1) is 10.6 Å². The number of rotatable bonds is 5. The average Bonchev–Trinajstić information content (AvgIpc) is 2.93. The van der Waals surface area contributed by atoms with Crippen LogP contribution in [0.5, 0.6) is 0 Å². The summed E-state index contributed by atoms with van der Waals surface area (Å²) in [7, 11) is 1.68. The Kier molecular flexibility index (Phi) is 4.75. The van der Waals surface area contributed by atoms with Gasteiger partial charge in [-0.2, -0.15) is 0 Å². The fourth-order valence-corrected chi connectivity index (χ4v) is 1.92. The second kappa shape index (κ2) is 6.73. The quantitative estimate of drug-likeness (QED) is 0.516. The zero-order valence-electron chi connectivity index (χ0n) is 12.6. The minimum atomic E-state index is -0.622. The van der Waals surface area contributed by atoms with Gasteiger partial charge in [-0.25, -0.2) is 4.79 Å². The van der Waals surface area contributed by atoms with Gasteiger partial charge in [-0.1, -0.05) is 6.07 Å². The van der Waals surface area contributed by atoms with E-state index in [0.717, 1.165) is 0 Å². The molecule has 1 amide bonds. The van der Waals surface area contributed by atoms with Crippen LogP contribution in [0.15, 0.2) is 36.5 Å². The number of nitro benzene ring substituents is 1. The van der Waals surface area contributed by atoms with E-state index in [1.165, 1.54) is 18.2 Å². The number of benzene rings is 1. The molecule has 2 rings (SSSR count). The normalized spacial score (nSPS) is 10.2. The van der Waals surface area contributed by atoms with E-state index in [4.69, 9.17) is 4.74 Å². The lowest BCUT2D eigenvalue weighted by molar-refractivity contribution is -0.384. The maximum atomic E-state index is 11.8. The zero-order valence-corrected chi connectivity index (χ0v) is 12.6.